The number of hydrogen-bond acceptors (Lipinski definition) is 5. The molecule has 6 nitrogen and oxygen atoms in total. The Morgan fingerprint density at radius 1 is 1.00 bits per heavy atom. The Labute approximate surface area is 152 Å². The molecule has 0 unspecified atom stereocenters. The maximum Gasteiger partial charge on any atom is 0.257 e. The number of amides is 2. The minimum Gasteiger partial charge on any atom is -0.326 e. The van der Waals surface area contributed by atoms with Gasteiger partial charge >= 0.3 is 0 Å². The third-order valence-corrected chi connectivity index (χ3v) is 4.49. The van der Waals surface area contributed by atoms with Gasteiger partial charge in [0.2, 0.25) is 11.0 Å². The third-order valence-electron chi connectivity index (χ3n) is 3.59. The second kappa shape index (κ2) is 9.88. The number of carbonyl (C=O) groups is 2. The van der Waals surface area contributed by atoms with Gasteiger partial charge in [-0.25, -0.2) is 0 Å². The van der Waals surface area contributed by atoms with Crippen molar-refractivity contribution in [1.82, 2.24) is 10.2 Å². The summed E-state index contributed by atoms with van der Waals surface area (Å²) in [4.78, 5) is 23.8. The van der Waals surface area contributed by atoms with Crippen LogP contribution in [0.2, 0.25) is 0 Å². The van der Waals surface area contributed by atoms with E-state index in [4.69, 9.17) is 0 Å². The fourth-order valence-corrected chi connectivity index (χ4v) is 3.03. The summed E-state index contributed by atoms with van der Waals surface area (Å²) in [7, 11) is 0. The van der Waals surface area contributed by atoms with E-state index in [9.17, 15) is 9.59 Å². The second-order valence-corrected chi connectivity index (χ2v) is 6.85. The number of benzene rings is 1. The van der Waals surface area contributed by atoms with Crippen LogP contribution in [0.4, 0.5) is 10.8 Å². The summed E-state index contributed by atoms with van der Waals surface area (Å²) in [6.07, 6.45) is 5.60. The molecule has 1 heterocycles. The maximum absolute atomic E-state index is 12.3. The quantitative estimate of drug-likeness (QED) is 0.654. The molecule has 0 aliphatic rings. The van der Waals surface area contributed by atoms with E-state index in [0.717, 1.165) is 30.7 Å². The van der Waals surface area contributed by atoms with E-state index in [1.807, 2.05) is 6.92 Å². The predicted octanol–water partition coefficient (Wildman–Crippen LogP) is 4.26. The molecule has 7 heteroatoms. The Hall–Kier alpha value is -2.28. The third kappa shape index (κ3) is 6.26. The first-order chi connectivity index (χ1) is 12.1. The zero-order valence-electron chi connectivity index (χ0n) is 14.7. The fourth-order valence-electron chi connectivity index (χ4n) is 2.26. The number of carbonyl (C=O) groups excluding carboxylic acids is 2. The van der Waals surface area contributed by atoms with Gasteiger partial charge in [0.05, 0.1) is 0 Å². The van der Waals surface area contributed by atoms with Gasteiger partial charge in [0, 0.05) is 24.1 Å². The number of nitrogens with zero attached hydrogens (tertiary/aromatic N) is 2. The van der Waals surface area contributed by atoms with E-state index in [1.54, 1.807) is 24.3 Å². The van der Waals surface area contributed by atoms with E-state index in [0.29, 0.717) is 22.8 Å². The van der Waals surface area contributed by atoms with Crippen molar-refractivity contribution in [1.29, 1.82) is 0 Å². The lowest BCUT2D eigenvalue weighted by Gasteiger charge is -2.05. The summed E-state index contributed by atoms with van der Waals surface area (Å²) >= 11 is 1.41. The minimum atomic E-state index is -0.234. The van der Waals surface area contributed by atoms with Crippen LogP contribution in [0.3, 0.4) is 0 Å². The average Bonchev–Trinajstić information content (AvgIpc) is 3.03. The lowest BCUT2D eigenvalue weighted by molar-refractivity contribution is -0.116. The number of hydrogen-bond donors (Lipinski definition) is 2. The highest BCUT2D eigenvalue weighted by atomic mass is 32.1. The van der Waals surface area contributed by atoms with Gasteiger partial charge in [-0.05, 0) is 37.1 Å². The Morgan fingerprint density at radius 3 is 2.44 bits per heavy atom. The zero-order valence-corrected chi connectivity index (χ0v) is 15.5. The van der Waals surface area contributed by atoms with Crippen LogP contribution in [-0.4, -0.2) is 22.0 Å². The first-order valence-corrected chi connectivity index (χ1v) is 9.47. The molecule has 2 aromatic rings. The van der Waals surface area contributed by atoms with Crippen molar-refractivity contribution in [2.24, 2.45) is 0 Å². The lowest BCUT2D eigenvalue weighted by Crippen LogP contribution is -2.13. The summed E-state index contributed by atoms with van der Waals surface area (Å²) < 4.78 is 0. The van der Waals surface area contributed by atoms with E-state index >= 15 is 0 Å². The van der Waals surface area contributed by atoms with Crippen LogP contribution in [0.15, 0.2) is 24.3 Å². The standard InChI is InChI=1S/C18H24N4O2S/c1-3-5-6-8-16-21-22-18(25-16)20-17(24)13-9-11-14(12-10-13)19-15(23)7-4-2/h9-12H,3-8H2,1-2H3,(H,19,23)(H,20,22,24). The fraction of sp³-hybridized carbons (Fsp3) is 0.444. The average molecular weight is 360 g/mol. The lowest BCUT2D eigenvalue weighted by atomic mass is 10.2. The largest absolute Gasteiger partial charge is 0.326 e. The normalized spacial score (nSPS) is 10.5. The summed E-state index contributed by atoms with van der Waals surface area (Å²) in [5.74, 6) is -0.258. The summed E-state index contributed by atoms with van der Waals surface area (Å²) in [5.41, 5.74) is 1.19. The van der Waals surface area contributed by atoms with Crippen LogP contribution in [0.5, 0.6) is 0 Å². The summed E-state index contributed by atoms with van der Waals surface area (Å²) in [5, 5.41) is 15.1. The number of rotatable bonds is 9. The van der Waals surface area contributed by atoms with Crippen LogP contribution in [0.25, 0.3) is 0 Å². The van der Waals surface area contributed by atoms with Crippen molar-refractivity contribution >= 4 is 34.0 Å². The van der Waals surface area contributed by atoms with Gasteiger partial charge in [0.15, 0.2) is 0 Å². The van der Waals surface area contributed by atoms with Crippen molar-refractivity contribution in [3.63, 3.8) is 0 Å². The number of nitrogens with one attached hydrogen (secondary N) is 2. The van der Waals surface area contributed by atoms with Crippen LogP contribution in [-0.2, 0) is 11.2 Å². The highest BCUT2D eigenvalue weighted by Gasteiger charge is 2.10. The van der Waals surface area contributed by atoms with E-state index in [1.165, 1.54) is 17.8 Å². The molecule has 0 atom stereocenters. The molecule has 1 aromatic carbocycles. The molecule has 0 fully saturated rings. The molecule has 134 valence electrons. The van der Waals surface area contributed by atoms with E-state index < -0.39 is 0 Å². The number of aromatic nitrogens is 2. The van der Waals surface area contributed by atoms with Crippen LogP contribution in [0.1, 0.15) is 61.3 Å². The number of aryl methyl sites for hydroxylation is 1. The molecule has 0 saturated carbocycles. The molecule has 25 heavy (non-hydrogen) atoms. The molecular formula is C18H24N4O2S. The van der Waals surface area contributed by atoms with Gasteiger partial charge in [-0.3, -0.25) is 14.9 Å². The molecule has 2 amide bonds. The molecule has 1 aromatic heterocycles. The van der Waals surface area contributed by atoms with Crippen LogP contribution in [0, 0.1) is 0 Å². The monoisotopic (exact) mass is 360 g/mol. The van der Waals surface area contributed by atoms with E-state index in [-0.39, 0.29) is 11.8 Å². The molecule has 2 N–H and O–H groups in total. The van der Waals surface area contributed by atoms with Gasteiger partial charge < -0.3 is 5.32 Å². The van der Waals surface area contributed by atoms with Crippen LogP contribution < -0.4 is 10.6 Å². The van der Waals surface area contributed by atoms with Crippen molar-refractivity contribution in [3.05, 3.63) is 34.8 Å². The molecule has 2 rings (SSSR count). The second-order valence-electron chi connectivity index (χ2n) is 5.79. The zero-order chi connectivity index (χ0) is 18.1. The van der Waals surface area contributed by atoms with E-state index in [2.05, 4.69) is 27.8 Å². The smallest absolute Gasteiger partial charge is 0.257 e. The molecule has 0 aliphatic carbocycles. The Bertz CT molecular complexity index is 697. The summed E-state index contributed by atoms with van der Waals surface area (Å²) in [6, 6.07) is 6.80. The number of unbranched alkanes of at least 4 members (excludes halogenated alkanes) is 2. The van der Waals surface area contributed by atoms with Gasteiger partial charge in [-0.1, -0.05) is 38.0 Å². The first kappa shape index (κ1) is 19.1. The van der Waals surface area contributed by atoms with Gasteiger partial charge in [-0.15, -0.1) is 10.2 Å². The van der Waals surface area contributed by atoms with Crippen molar-refractivity contribution in [3.8, 4) is 0 Å². The maximum atomic E-state index is 12.3. The SMILES string of the molecule is CCCCCc1nnc(NC(=O)c2ccc(NC(=O)CCC)cc2)s1. The molecule has 0 bridgehead atoms. The Kier molecular flexibility index (Phi) is 7.53. The highest BCUT2D eigenvalue weighted by Crippen LogP contribution is 2.19. The number of anilines is 2. The Balaban J connectivity index is 1.89. The van der Waals surface area contributed by atoms with Crippen molar-refractivity contribution in [2.45, 2.75) is 52.4 Å². The van der Waals surface area contributed by atoms with Crippen LogP contribution >= 0.6 is 11.3 Å². The van der Waals surface area contributed by atoms with Gasteiger partial charge in [-0.2, -0.15) is 0 Å². The summed E-state index contributed by atoms with van der Waals surface area (Å²) in [6.45, 7) is 4.11. The van der Waals surface area contributed by atoms with Gasteiger partial charge in [0.1, 0.15) is 5.01 Å². The predicted molar refractivity (Wildman–Crippen MR) is 101 cm³/mol. The molecule has 0 radical (unpaired) electrons. The Morgan fingerprint density at radius 2 is 1.76 bits per heavy atom. The van der Waals surface area contributed by atoms with Gasteiger partial charge in [0.25, 0.3) is 5.91 Å². The molecule has 0 aliphatic heterocycles. The van der Waals surface area contributed by atoms with Crippen molar-refractivity contribution < 1.29 is 9.59 Å². The highest BCUT2D eigenvalue weighted by molar-refractivity contribution is 7.15. The molecule has 0 spiro atoms. The minimum absolute atomic E-state index is 0.0239. The molecular weight excluding hydrogens is 336 g/mol. The topological polar surface area (TPSA) is 84.0 Å². The molecule has 0 saturated heterocycles. The van der Waals surface area contributed by atoms with Crippen molar-refractivity contribution in [2.75, 3.05) is 10.6 Å². The first-order valence-electron chi connectivity index (χ1n) is 8.66.